The van der Waals surface area contributed by atoms with E-state index >= 15 is 0 Å². The van der Waals surface area contributed by atoms with Gasteiger partial charge < -0.3 is 20.1 Å². The van der Waals surface area contributed by atoms with Crippen LogP contribution in [0.15, 0.2) is 48.5 Å². The van der Waals surface area contributed by atoms with Crippen LogP contribution in [-0.2, 0) is 14.3 Å². The van der Waals surface area contributed by atoms with Crippen molar-refractivity contribution in [3.8, 4) is 11.1 Å². The van der Waals surface area contributed by atoms with Crippen molar-refractivity contribution in [1.82, 2.24) is 10.2 Å². The first-order valence-corrected chi connectivity index (χ1v) is 12.6. The lowest BCUT2D eigenvalue weighted by Crippen LogP contribution is -2.43. The van der Waals surface area contributed by atoms with E-state index in [1.807, 2.05) is 24.3 Å². The number of nitrogens with zero attached hydrogens (tertiary/aromatic N) is 1. The lowest BCUT2D eigenvalue weighted by molar-refractivity contribution is -0.142. The number of fused-ring (bicyclic) bond motifs is 4. The number of alkyl carbamates (subject to hydrolysis) is 1. The molecule has 7 nitrogen and oxygen atoms in total. The summed E-state index contributed by atoms with van der Waals surface area (Å²) in [7, 11) is 0. The highest BCUT2D eigenvalue weighted by molar-refractivity contribution is 5.88. The van der Waals surface area contributed by atoms with Gasteiger partial charge in [0.2, 0.25) is 5.91 Å². The normalized spacial score (nSPS) is 28.2. The van der Waals surface area contributed by atoms with Gasteiger partial charge in [0.05, 0.1) is 11.8 Å². The average molecular weight is 475 g/mol. The molecule has 0 aromatic heterocycles. The zero-order valence-corrected chi connectivity index (χ0v) is 19.6. The maximum atomic E-state index is 13.4. The predicted molar refractivity (Wildman–Crippen MR) is 129 cm³/mol. The summed E-state index contributed by atoms with van der Waals surface area (Å²) in [4.78, 5) is 39.1. The minimum Gasteiger partial charge on any atom is -0.481 e. The Hall–Kier alpha value is -3.35. The Morgan fingerprint density at radius 2 is 1.71 bits per heavy atom. The molecule has 2 saturated carbocycles. The number of ether oxygens (including phenoxy) is 1. The highest BCUT2D eigenvalue weighted by Gasteiger charge is 2.66. The second-order valence-corrected chi connectivity index (χ2v) is 10.6. The molecule has 1 saturated heterocycles. The Labute approximate surface area is 204 Å². The molecule has 2 aromatic rings. The number of carbonyl (C=O) groups excluding carboxylic acids is 2. The van der Waals surface area contributed by atoms with Crippen molar-refractivity contribution in [2.45, 2.75) is 56.5 Å². The van der Waals surface area contributed by atoms with Crippen LogP contribution >= 0.6 is 0 Å². The van der Waals surface area contributed by atoms with Crippen molar-refractivity contribution >= 4 is 18.0 Å². The summed E-state index contributed by atoms with van der Waals surface area (Å²) in [6, 6.07) is 16.2. The molecule has 35 heavy (non-hydrogen) atoms. The van der Waals surface area contributed by atoms with Gasteiger partial charge in [-0.05, 0) is 60.3 Å². The SMILES string of the molecule is O=C(O)C[C@@H]1CCCN1C(=O)C12CC(NC(=O)OCC3c4ccccc4-c4ccccc43)CC1C2. The summed E-state index contributed by atoms with van der Waals surface area (Å²) in [5.74, 6) is -0.497. The van der Waals surface area contributed by atoms with E-state index in [4.69, 9.17) is 4.74 Å². The lowest BCUT2D eigenvalue weighted by Gasteiger charge is -2.28. The molecule has 2 aromatic carbocycles. The number of carboxylic acids is 1. The molecule has 0 radical (unpaired) electrons. The minimum absolute atomic E-state index is 0.00785. The van der Waals surface area contributed by atoms with Crippen LogP contribution in [0.1, 0.15) is 55.6 Å². The van der Waals surface area contributed by atoms with E-state index in [-0.39, 0.29) is 42.9 Å². The molecule has 2 N–H and O–H groups in total. The van der Waals surface area contributed by atoms with Gasteiger partial charge in [-0.15, -0.1) is 0 Å². The largest absolute Gasteiger partial charge is 0.481 e. The van der Waals surface area contributed by atoms with Gasteiger partial charge in [0.25, 0.3) is 0 Å². The van der Waals surface area contributed by atoms with E-state index in [1.54, 1.807) is 4.90 Å². The fourth-order valence-corrected chi connectivity index (χ4v) is 6.87. The summed E-state index contributed by atoms with van der Waals surface area (Å²) in [6.45, 7) is 0.903. The Balaban J connectivity index is 1.06. The molecular weight excluding hydrogens is 444 g/mol. The molecular formula is C28H30N2O5. The number of carbonyl (C=O) groups is 3. The van der Waals surface area contributed by atoms with Crippen LogP contribution in [-0.4, -0.2) is 53.2 Å². The monoisotopic (exact) mass is 474 g/mol. The second-order valence-electron chi connectivity index (χ2n) is 10.6. The number of likely N-dealkylation sites (tertiary alicyclic amines) is 1. The van der Waals surface area contributed by atoms with E-state index in [1.165, 1.54) is 22.3 Å². The van der Waals surface area contributed by atoms with Crippen molar-refractivity contribution in [2.24, 2.45) is 11.3 Å². The second kappa shape index (κ2) is 8.40. The number of aliphatic carboxylic acids is 1. The van der Waals surface area contributed by atoms with Crippen LogP contribution in [0.4, 0.5) is 4.79 Å². The van der Waals surface area contributed by atoms with E-state index in [2.05, 4.69) is 29.6 Å². The third-order valence-corrected chi connectivity index (χ3v) is 8.55. The van der Waals surface area contributed by atoms with Crippen molar-refractivity contribution in [2.75, 3.05) is 13.2 Å². The molecule has 2 amide bonds. The van der Waals surface area contributed by atoms with Crippen molar-refractivity contribution in [1.29, 1.82) is 0 Å². The summed E-state index contributed by atoms with van der Waals surface area (Å²) in [5.41, 5.74) is 4.31. The molecule has 7 heteroatoms. The molecule has 182 valence electrons. The molecule has 4 atom stereocenters. The van der Waals surface area contributed by atoms with Crippen molar-refractivity contribution in [3.63, 3.8) is 0 Å². The van der Waals surface area contributed by atoms with Gasteiger partial charge in [0.1, 0.15) is 6.61 Å². The molecule has 3 aliphatic carbocycles. The standard InChI is InChI=1S/C28H30N2O5/c31-25(32)13-19-6-5-11-30(19)26(33)28-14-17(28)12-18(15-28)29-27(34)35-16-24-22-9-3-1-7-20(22)21-8-2-4-10-23(21)24/h1-4,7-10,17-19,24H,5-6,11-16H2,(H,29,34)(H,31,32)/t17?,18?,19-,28?/m0/s1. The fraction of sp³-hybridized carbons (Fsp3) is 0.464. The molecule has 0 bridgehead atoms. The van der Waals surface area contributed by atoms with Crippen LogP contribution < -0.4 is 5.32 Å². The first kappa shape index (κ1) is 22.1. The van der Waals surface area contributed by atoms with Crippen LogP contribution in [0, 0.1) is 11.3 Å². The highest BCUT2D eigenvalue weighted by Crippen LogP contribution is 2.64. The number of rotatable bonds is 6. The number of hydrogen-bond acceptors (Lipinski definition) is 4. The Morgan fingerprint density at radius 3 is 2.40 bits per heavy atom. The summed E-state index contributed by atoms with van der Waals surface area (Å²) >= 11 is 0. The van der Waals surface area contributed by atoms with Gasteiger partial charge >= 0.3 is 12.1 Å². The van der Waals surface area contributed by atoms with Gasteiger partial charge in [0.15, 0.2) is 0 Å². The zero-order chi connectivity index (χ0) is 24.2. The van der Waals surface area contributed by atoms with E-state index in [0.29, 0.717) is 13.0 Å². The molecule has 6 rings (SSSR count). The zero-order valence-electron chi connectivity index (χ0n) is 19.6. The molecule has 4 aliphatic rings. The highest BCUT2D eigenvalue weighted by atomic mass is 16.5. The summed E-state index contributed by atoms with van der Waals surface area (Å²) < 4.78 is 5.70. The molecule has 3 unspecified atom stereocenters. The maximum absolute atomic E-state index is 13.4. The smallest absolute Gasteiger partial charge is 0.407 e. The Kier molecular flexibility index (Phi) is 5.31. The topological polar surface area (TPSA) is 95.9 Å². The van der Waals surface area contributed by atoms with Crippen molar-refractivity contribution in [3.05, 3.63) is 59.7 Å². The molecule has 3 fully saturated rings. The predicted octanol–water partition coefficient (Wildman–Crippen LogP) is 4.16. The quantitative estimate of drug-likeness (QED) is 0.656. The first-order chi connectivity index (χ1) is 17.0. The van der Waals surface area contributed by atoms with E-state index in [9.17, 15) is 19.5 Å². The minimum atomic E-state index is -0.860. The van der Waals surface area contributed by atoms with Crippen LogP contribution in [0.25, 0.3) is 11.1 Å². The number of nitrogens with one attached hydrogen (secondary N) is 1. The first-order valence-electron chi connectivity index (χ1n) is 12.6. The van der Waals surface area contributed by atoms with Crippen molar-refractivity contribution < 1.29 is 24.2 Å². The molecule has 1 aliphatic heterocycles. The summed E-state index contributed by atoms with van der Waals surface area (Å²) in [5, 5.41) is 12.2. The van der Waals surface area contributed by atoms with Gasteiger partial charge in [-0.3, -0.25) is 9.59 Å². The summed E-state index contributed by atoms with van der Waals surface area (Å²) in [6.07, 6.45) is 3.39. The number of amides is 2. The average Bonchev–Trinajstić information content (AvgIpc) is 3.16. The number of benzene rings is 2. The van der Waals surface area contributed by atoms with Gasteiger partial charge in [-0.25, -0.2) is 4.79 Å². The lowest BCUT2D eigenvalue weighted by atomic mass is 9.98. The molecule has 1 heterocycles. The number of carboxylic acid groups (broad SMARTS) is 1. The van der Waals surface area contributed by atoms with Gasteiger partial charge in [-0.2, -0.15) is 0 Å². The molecule has 0 spiro atoms. The fourth-order valence-electron chi connectivity index (χ4n) is 6.87. The third kappa shape index (κ3) is 3.77. The van der Waals surface area contributed by atoms with Gasteiger partial charge in [-0.1, -0.05) is 48.5 Å². The van der Waals surface area contributed by atoms with Gasteiger partial charge in [0, 0.05) is 24.5 Å². The van der Waals surface area contributed by atoms with Crippen LogP contribution in [0.2, 0.25) is 0 Å². The van der Waals surface area contributed by atoms with E-state index in [0.717, 1.165) is 25.7 Å². The number of hydrogen-bond donors (Lipinski definition) is 2. The van der Waals surface area contributed by atoms with Crippen LogP contribution in [0.3, 0.4) is 0 Å². The van der Waals surface area contributed by atoms with Crippen LogP contribution in [0.5, 0.6) is 0 Å². The third-order valence-electron chi connectivity index (χ3n) is 8.55. The van der Waals surface area contributed by atoms with E-state index < -0.39 is 17.5 Å². The Bertz CT molecular complexity index is 1150. The Morgan fingerprint density at radius 1 is 1.03 bits per heavy atom. The maximum Gasteiger partial charge on any atom is 0.407 e.